The second kappa shape index (κ2) is 9.27. The molecule has 1 aliphatic heterocycles. The van der Waals surface area contributed by atoms with Crippen LogP contribution in [0.1, 0.15) is 32.8 Å². The molecule has 1 saturated heterocycles. The van der Waals surface area contributed by atoms with E-state index in [1.165, 1.54) is 12.1 Å². The van der Waals surface area contributed by atoms with E-state index < -0.39 is 0 Å². The van der Waals surface area contributed by atoms with Gasteiger partial charge in [-0.05, 0) is 57.0 Å². The van der Waals surface area contributed by atoms with Crippen LogP contribution in [0.3, 0.4) is 0 Å². The third kappa shape index (κ3) is 6.19. The first-order valence-corrected chi connectivity index (χ1v) is 10.1. The standard InChI is InChI=1S/C23H30FN3O2/c1-23(2,3)27-13-5-12-26(14-15-27)22(28)25-20-6-4-7-21(16-20)29-17-18-8-10-19(24)11-9-18/h4,6-11,16H,5,12-15,17H2,1-3H3,(H,25,28). The fourth-order valence-electron chi connectivity index (χ4n) is 3.40. The number of carbonyl (C=O) groups excluding carboxylic acids is 1. The number of nitrogens with zero attached hydrogens (tertiary/aromatic N) is 2. The van der Waals surface area contributed by atoms with Crippen LogP contribution >= 0.6 is 0 Å². The summed E-state index contributed by atoms with van der Waals surface area (Å²) in [6.07, 6.45) is 0.964. The van der Waals surface area contributed by atoms with Crippen LogP contribution in [0.5, 0.6) is 5.75 Å². The van der Waals surface area contributed by atoms with Gasteiger partial charge in [-0.3, -0.25) is 4.90 Å². The zero-order valence-electron chi connectivity index (χ0n) is 17.5. The van der Waals surface area contributed by atoms with Gasteiger partial charge in [-0.25, -0.2) is 9.18 Å². The van der Waals surface area contributed by atoms with Crippen molar-refractivity contribution in [3.8, 4) is 5.75 Å². The Hall–Kier alpha value is -2.60. The largest absolute Gasteiger partial charge is 0.489 e. The lowest BCUT2D eigenvalue weighted by Crippen LogP contribution is -2.44. The number of hydrogen-bond donors (Lipinski definition) is 1. The van der Waals surface area contributed by atoms with Crippen molar-refractivity contribution in [2.75, 3.05) is 31.5 Å². The molecule has 2 amide bonds. The Bertz CT molecular complexity index is 818. The number of benzene rings is 2. The Morgan fingerprint density at radius 3 is 2.55 bits per heavy atom. The van der Waals surface area contributed by atoms with E-state index in [0.29, 0.717) is 24.6 Å². The minimum absolute atomic E-state index is 0.0866. The molecule has 29 heavy (non-hydrogen) atoms. The summed E-state index contributed by atoms with van der Waals surface area (Å²) in [7, 11) is 0. The summed E-state index contributed by atoms with van der Waals surface area (Å²) >= 11 is 0. The summed E-state index contributed by atoms with van der Waals surface area (Å²) in [6.45, 7) is 10.3. The average molecular weight is 400 g/mol. The summed E-state index contributed by atoms with van der Waals surface area (Å²) < 4.78 is 18.8. The fourth-order valence-corrected chi connectivity index (χ4v) is 3.40. The highest BCUT2D eigenvalue weighted by molar-refractivity contribution is 5.89. The van der Waals surface area contributed by atoms with Crippen LogP contribution in [0.2, 0.25) is 0 Å². The first kappa shape index (κ1) is 21.1. The Morgan fingerprint density at radius 1 is 1.07 bits per heavy atom. The van der Waals surface area contributed by atoms with E-state index in [-0.39, 0.29) is 17.4 Å². The van der Waals surface area contributed by atoms with Gasteiger partial charge in [0.25, 0.3) is 0 Å². The molecule has 0 bridgehead atoms. The van der Waals surface area contributed by atoms with Gasteiger partial charge < -0.3 is 15.0 Å². The normalized spacial score (nSPS) is 15.7. The van der Waals surface area contributed by atoms with Gasteiger partial charge in [0.05, 0.1) is 0 Å². The van der Waals surface area contributed by atoms with E-state index >= 15 is 0 Å². The number of anilines is 1. The van der Waals surface area contributed by atoms with Crippen LogP contribution in [0.4, 0.5) is 14.9 Å². The van der Waals surface area contributed by atoms with E-state index in [0.717, 1.165) is 31.6 Å². The molecule has 0 atom stereocenters. The molecule has 2 aromatic carbocycles. The number of rotatable bonds is 4. The van der Waals surface area contributed by atoms with Crippen LogP contribution < -0.4 is 10.1 Å². The predicted molar refractivity (Wildman–Crippen MR) is 114 cm³/mol. The summed E-state index contributed by atoms with van der Waals surface area (Å²) in [6, 6.07) is 13.5. The highest BCUT2D eigenvalue weighted by atomic mass is 19.1. The van der Waals surface area contributed by atoms with E-state index in [1.54, 1.807) is 18.2 Å². The molecule has 156 valence electrons. The molecule has 2 aromatic rings. The number of nitrogens with one attached hydrogen (secondary N) is 1. The van der Waals surface area contributed by atoms with Crippen LogP contribution in [-0.4, -0.2) is 47.5 Å². The fraction of sp³-hybridized carbons (Fsp3) is 0.435. The first-order chi connectivity index (χ1) is 13.8. The Labute approximate surface area is 172 Å². The quantitative estimate of drug-likeness (QED) is 0.807. The number of halogens is 1. The molecule has 5 nitrogen and oxygen atoms in total. The maximum Gasteiger partial charge on any atom is 0.321 e. The molecule has 6 heteroatoms. The maximum absolute atomic E-state index is 13.0. The lowest BCUT2D eigenvalue weighted by molar-refractivity contribution is 0.142. The zero-order valence-corrected chi connectivity index (χ0v) is 17.5. The molecule has 1 N–H and O–H groups in total. The average Bonchev–Trinajstić information content (AvgIpc) is 2.94. The van der Waals surface area contributed by atoms with Gasteiger partial charge in [0, 0.05) is 43.5 Å². The summed E-state index contributed by atoms with van der Waals surface area (Å²) in [5, 5.41) is 2.98. The smallest absolute Gasteiger partial charge is 0.321 e. The number of hydrogen-bond acceptors (Lipinski definition) is 3. The molecule has 0 radical (unpaired) electrons. The maximum atomic E-state index is 13.0. The molecule has 1 heterocycles. The van der Waals surface area contributed by atoms with Gasteiger partial charge in [-0.2, -0.15) is 0 Å². The second-order valence-corrected chi connectivity index (χ2v) is 8.37. The third-order valence-electron chi connectivity index (χ3n) is 5.14. The number of carbonyl (C=O) groups is 1. The van der Waals surface area contributed by atoms with Crippen molar-refractivity contribution >= 4 is 11.7 Å². The topological polar surface area (TPSA) is 44.8 Å². The molecule has 0 aliphatic carbocycles. The number of ether oxygens (including phenoxy) is 1. The van der Waals surface area contributed by atoms with E-state index in [1.807, 2.05) is 23.1 Å². The molecule has 0 spiro atoms. The van der Waals surface area contributed by atoms with Crippen LogP contribution in [-0.2, 0) is 6.61 Å². The minimum Gasteiger partial charge on any atom is -0.489 e. The lowest BCUT2D eigenvalue weighted by atomic mass is 10.1. The van der Waals surface area contributed by atoms with Crippen molar-refractivity contribution < 1.29 is 13.9 Å². The number of urea groups is 1. The van der Waals surface area contributed by atoms with Gasteiger partial charge in [-0.1, -0.05) is 18.2 Å². The van der Waals surface area contributed by atoms with Crippen molar-refractivity contribution in [3.63, 3.8) is 0 Å². The molecule has 0 aromatic heterocycles. The monoisotopic (exact) mass is 399 g/mol. The zero-order chi connectivity index (χ0) is 20.9. The van der Waals surface area contributed by atoms with Gasteiger partial charge >= 0.3 is 6.03 Å². The molecule has 1 fully saturated rings. The Balaban J connectivity index is 1.55. The van der Waals surface area contributed by atoms with E-state index in [2.05, 4.69) is 31.0 Å². The molecular weight excluding hydrogens is 369 g/mol. The van der Waals surface area contributed by atoms with E-state index in [9.17, 15) is 9.18 Å². The minimum atomic E-state index is -0.266. The van der Waals surface area contributed by atoms with Gasteiger partial charge in [0.15, 0.2) is 0 Å². The van der Waals surface area contributed by atoms with Gasteiger partial charge in [0.2, 0.25) is 0 Å². The summed E-state index contributed by atoms with van der Waals surface area (Å²) in [5.74, 6) is 0.388. The predicted octanol–water partition coefficient (Wildman–Crippen LogP) is 4.74. The number of amides is 2. The highest BCUT2D eigenvalue weighted by Crippen LogP contribution is 2.20. The van der Waals surface area contributed by atoms with Crippen LogP contribution in [0, 0.1) is 5.82 Å². The van der Waals surface area contributed by atoms with Crippen molar-refractivity contribution in [1.82, 2.24) is 9.80 Å². The van der Waals surface area contributed by atoms with Crippen molar-refractivity contribution in [1.29, 1.82) is 0 Å². The molecule has 1 aliphatic rings. The Kier molecular flexibility index (Phi) is 6.75. The molecule has 0 unspecified atom stereocenters. The van der Waals surface area contributed by atoms with Crippen molar-refractivity contribution in [2.45, 2.75) is 39.3 Å². The van der Waals surface area contributed by atoms with Crippen molar-refractivity contribution in [3.05, 3.63) is 59.9 Å². The summed E-state index contributed by atoms with van der Waals surface area (Å²) in [5.41, 5.74) is 1.69. The molecule has 0 saturated carbocycles. The molecule has 3 rings (SSSR count). The Morgan fingerprint density at radius 2 is 1.83 bits per heavy atom. The van der Waals surface area contributed by atoms with Crippen LogP contribution in [0.15, 0.2) is 48.5 Å². The lowest BCUT2D eigenvalue weighted by Gasteiger charge is -2.34. The van der Waals surface area contributed by atoms with E-state index in [4.69, 9.17) is 4.74 Å². The van der Waals surface area contributed by atoms with Crippen molar-refractivity contribution in [2.24, 2.45) is 0 Å². The highest BCUT2D eigenvalue weighted by Gasteiger charge is 2.25. The second-order valence-electron chi connectivity index (χ2n) is 8.37. The van der Waals surface area contributed by atoms with Gasteiger partial charge in [0.1, 0.15) is 18.2 Å². The molecular formula is C23H30FN3O2. The summed E-state index contributed by atoms with van der Waals surface area (Å²) in [4.78, 5) is 17.0. The first-order valence-electron chi connectivity index (χ1n) is 10.1. The van der Waals surface area contributed by atoms with Gasteiger partial charge in [-0.15, -0.1) is 0 Å². The SMILES string of the molecule is CC(C)(C)N1CCCN(C(=O)Nc2cccc(OCc3ccc(F)cc3)c2)CC1. The third-order valence-corrected chi connectivity index (χ3v) is 5.14. The van der Waals surface area contributed by atoms with Crippen LogP contribution in [0.25, 0.3) is 0 Å².